The van der Waals surface area contributed by atoms with Gasteiger partial charge in [-0.15, -0.1) is 0 Å². The quantitative estimate of drug-likeness (QED) is 0.493. The monoisotopic (exact) mass is 460 g/mol. The predicted molar refractivity (Wildman–Crippen MR) is 127 cm³/mol. The maximum absolute atomic E-state index is 14.4. The van der Waals surface area contributed by atoms with Gasteiger partial charge in [0, 0.05) is 24.5 Å². The number of primary amides is 1. The largest absolute Gasteiger partial charge is 0.453 e. The molecule has 1 unspecified atom stereocenters. The molecule has 4 rings (SSSR count). The number of nitrogens with one attached hydrogen (secondary N) is 1. The molecule has 34 heavy (non-hydrogen) atoms. The van der Waals surface area contributed by atoms with E-state index >= 15 is 0 Å². The van der Waals surface area contributed by atoms with Crippen molar-refractivity contribution in [3.8, 4) is 11.5 Å². The Morgan fingerprint density at radius 1 is 1.21 bits per heavy atom. The lowest BCUT2D eigenvalue weighted by Crippen LogP contribution is -2.39. The predicted octanol–water partition coefficient (Wildman–Crippen LogP) is 4.11. The first-order chi connectivity index (χ1) is 16.5. The molecule has 1 aromatic heterocycles. The Morgan fingerprint density at radius 3 is 2.85 bits per heavy atom. The van der Waals surface area contributed by atoms with Crippen molar-refractivity contribution in [2.45, 2.75) is 25.4 Å². The summed E-state index contributed by atoms with van der Waals surface area (Å²) in [6, 6.07) is 15.0. The third-order valence-electron chi connectivity index (χ3n) is 5.52. The van der Waals surface area contributed by atoms with Crippen LogP contribution in [0.5, 0.6) is 11.5 Å². The fourth-order valence-corrected chi connectivity index (χ4v) is 3.91. The van der Waals surface area contributed by atoms with Crippen molar-refractivity contribution in [2.24, 2.45) is 5.73 Å². The number of amides is 2. The van der Waals surface area contributed by atoms with Crippen molar-refractivity contribution in [3.05, 3.63) is 90.0 Å². The van der Waals surface area contributed by atoms with Crippen LogP contribution in [-0.4, -0.2) is 34.3 Å². The number of likely N-dealkylation sites (tertiary alicyclic amines) is 1. The molecule has 0 aliphatic carbocycles. The Morgan fingerprint density at radius 2 is 2.09 bits per heavy atom. The number of benzene rings is 2. The molecule has 1 aliphatic heterocycles. The SMILES string of the molecule is NC(=O)C1CCCN1Cc1cccc(NC(=O)/C=C/c2ccc(Oc3cccnc3)c(F)c2)c1. The van der Waals surface area contributed by atoms with E-state index in [2.05, 4.69) is 15.2 Å². The summed E-state index contributed by atoms with van der Waals surface area (Å²) >= 11 is 0. The minimum absolute atomic E-state index is 0.0722. The summed E-state index contributed by atoms with van der Waals surface area (Å²) in [6.07, 6.45) is 7.67. The van der Waals surface area contributed by atoms with Crippen LogP contribution in [0, 0.1) is 5.82 Å². The van der Waals surface area contributed by atoms with E-state index in [9.17, 15) is 14.0 Å². The zero-order valence-corrected chi connectivity index (χ0v) is 18.5. The van der Waals surface area contributed by atoms with Gasteiger partial charge < -0.3 is 15.8 Å². The standard InChI is InChI=1S/C26H25FN4O3/c27-22-15-18(8-10-24(22)34-21-6-2-12-29-16-21)9-11-25(32)30-20-5-1-4-19(14-20)17-31-13-3-7-23(31)26(28)33/h1-2,4-6,8-12,14-16,23H,3,7,13,17H2,(H2,28,33)(H,30,32)/b11-9+. The van der Waals surface area contributed by atoms with Gasteiger partial charge in [0.15, 0.2) is 11.6 Å². The van der Waals surface area contributed by atoms with Crippen molar-refractivity contribution in [1.29, 1.82) is 0 Å². The smallest absolute Gasteiger partial charge is 0.248 e. The molecule has 8 heteroatoms. The lowest BCUT2D eigenvalue weighted by atomic mass is 10.1. The number of pyridine rings is 1. The molecule has 1 saturated heterocycles. The second kappa shape index (κ2) is 10.7. The number of nitrogens with zero attached hydrogens (tertiary/aromatic N) is 2. The molecule has 0 spiro atoms. The van der Waals surface area contributed by atoms with Gasteiger partial charge in [-0.3, -0.25) is 19.5 Å². The van der Waals surface area contributed by atoms with Crippen LogP contribution in [0.2, 0.25) is 0 Å². The third kappa shape index (κ3) is 6.05. The van der Waals surface area contributed by atoms with Gasteiger partial charge in [-0.25, -0.2) is 4.39 Å². The van der Waals surface area contributed by atoms with E-state index in [0.717, 1.165) is 24.9 Å². The molecule has 0 bridgehead atoms. The molecule has 1 atom stereocenters. The number of aromatic nitrogens is 1. The van der Waals surface area contributed by atoms with Gasteiger partial charge in [-0.05, 0) is 73.0 Å². The summed E-state index contributed by atoms with van der Waals surface area (Å²) in [4.78, 5) is 30.0. The van der Waals surface area contributed by atoms with E-state index in [1.54, 1.807) is 30.5 Å². The highest BCUT2D eigenvalue weighted by Gasteiger charge is 2.28. The van der Waals surface area contributed by atoms with Crippen LogP contribution >= 0.6 is 0 Å². The number of carbonyl (C=O) groups excluding carboxylic acids is 2. The first-order valence-electron chi connectivity index (χ1n) is 11.0. The Balaban J connectivity index is 1.35. The zero-order valence-electron chi connectivity index (χ0n) is 18.5. The summed E-state index contributed by atoms with van der Waals surface area (Å²) in [7, 11) is 0. The average Bonchev–Trinajstić information content (AvgIpc) is 3.29. The highest BCUT2D eigenvalue weighted by molar-refractivity contribution is 6.01. The second-order valence-corrected chi connectivity index (χ2v) is 8.03. The summed E-state index contributed by atoms with van der Waals surface area (Å²) < 4.78 is 19.9. The van der Waals surface area contributed by atoms with E-state index in [4.69, 9.17) is 10.5 Å². The number of anilines is 1. The average molecular weight is 461 g/mol. The molecule has 2 amide bonds. The first-order valence-corrected chi connectivity index (χ1v) is 11.0. The number of halogens is 1. The minimum atomic E-state index is -0.546. The number of rotatable bonds is 8. The maximum atomic E-state index is 14.4. The van der Waals surface area contributed by atoms with Crippen molar-refractivity contribution in [2.75, 3.05) is 11.9 Å². The van der Waals surface area contributed by atoms with E-state index in [1.165, 1.54) is 30.5 Å². The van der Waals surface area contributed by atoms with Crippen molar-refractivity contribution in [3.63, 3.8) is 0 Å². The van der Waals surface area contributed by atoms with E-state index in [-0.39, 0.29) is 23.6 Å². The van der Waals surface area contributed by atoms with Crippen molar-refractivity contribution in [1.82, 2.24) is 9.88 Å². The van der Waals surface area contributed by atoms with Gasteiger partial charge in [0.1, 0.15) is 5.75 Å². The molecular formula is C26H25FN4O3. The molecular weight excluding hydrogens is 435 g/mol. The molecule has 2 aromatic carbocycles. The van der Waals surface area contributed by atoms with Crippen LogP contribution in [0.25, 0.3) is 6.08 Å². The van der Waals surface area contributed by atoms with Crippen LogP contribution < -0.4 is 15.8 Å². The number of hydrogen-bond acceptors (Lipinski definition) is 5. The molecule has 1 fully saturated rings. The third-order valence-corrected chi connectivity index (χ3v) is 5.52. The number of carbonyl (C=O) groups is 2. The number of nitrogens with two attached hydrogens (primary N) is 1. The number of hydrogen-bond donors (Lipinski definition) is 2. The second-order valence-electron chi connectivity index (χ2n) is 8.03. The Bertz CT molecular complexity index is 1200. The van der Waals surface area contributed by atoms with Gasteiger partial charge in [-0.2, -0.15) is 0 Å². The van der Waals surface area contributed by atoms with Gasteiger partial charge >= 0.3 is 0 Å². The topological polar surface area (TPSA) is 97.6 Å². The Labute approximate surface area is 197 Å². The lowest BCUT2D eigenvalue weighted by Gasteiger charge is -2.22. The van der Waals surface area contributed by atoms with Crippen LogP contribution in [-0.2, 0) is 16.1 Å². The van der Waals surface area contributed by atoms with E-state index in [1.807, 2.05) is 18.2 Å². The van der Waals surface area contributed by atoms with Crippen LogP contribution in [0.1, 0.15) is 24.0 Å². The first kappa shape index (κ1) is 23.1. The van der Waals surface area contributed by atoms with Crippen molar-refractivity contribution < 1.29 is 18.7 Å². The fourth-order valence-electron chi connectivity index (χ4n) is 3.91. The minimum Gasteiger partial charge on any atom is -0.453 e. The Kier molecular flexibility index (Phi) is 7.29. The van der Waals surface area contributed by atoms with Crippen LogP contribution in [0.3, 0.4) is 0 Å². The molecule has 0 radical (unpaired) electrons. The number of ether oxygens (including phenoxy) is 1. The molecule has 3 aromatic rings. The van der Waals surface area contributed by atoms with Crippen LogP contribution in [0.15, 0.2) is 73.1 Å². The van der Waals surface area contributed by atoms with Gasteiger partial charge in [0.25, 0.3) is 0 Å². The zero-order chi connectivity index (χ0) is 23.9. The highest BCUT2D eigenvalue weighted by atomic mass is 19.1. The molecule has 7 nitrogen and oxygen atoms in total. The van der Waals surface area contributed by atoms with Crippen molar-refractivity contribution >= 4 is 23.6 Å². The van der Waals surface area contributed by atoms with Crippen LogP contribution in [0.4, 0.5) is 10.1 Å². The van der Waals surface area contributed by atoms with Gasteiger partial charge in [0.05, 0.1) is 12.2 Å². The lowest BCUT2D eigenvalue weighted by molar-refractivity contribution is -0.122. The molecule has 1 aliphatic rings. The highest BCUT2D eigenvalue weighted by Crippen LogP contribution is 2.25. The molecule has 0 saturated carbocycles. The molecule has 174 valence electrons. The summed E-state index contributed by atoms with van der Waals surface area (Å²) in [5.74, 6) is -0.691. The molecule has 2 heterocycles. The molecule has 3 N–H and O–H groups in total. The van der Waals surface area contributed by atoms with Gasteiger partial charge in [-0.1, -0.05) is 18.2 Å². The summed E-state index contributed by atoms with van der Waals surface area (Å²) in [5, 5.41) is 2.81. The summed E-state index contributed by atoms with van der Waals surface area (Å²) in [5.41, 5.74) is 7.62. The van der Waals surface area contributed by atoms with E-state index in [0.29, 0.717) is 23.5 Å². The fraction of sp³-hybridized carbons (Fsp3) is 0.192. The normalized spacial score (nSPS) is 16.0. The Hall–Kier alpha value is -4.04. The van der Waals surface area contributed by atoms with E-state index < -0.39 is 5.82 Å². The summed E-state index contributed by atoms with van der Waals surface area (Å²) in [6.45, 7) is 1.40. The maximum Gasteiger partial charge on any atom is 0.248 e. The van der Waals surface area contributed by atoms with Gasteiger partial charge in [0.2, 0.25) is 11.8 Å².